The van der Waals surface area contributed by atoms with E-state index >= 15 is 0 Å². The zero-order chi connectivity index (χ0) is 12.9. The Hall–Kier alpha value is -0.610. The van der Waals surface area contributed by atoms with Crippen molar-refractivity contribution in [2.24, 2.45) is 11.8 Å². The molecular formula is C13H24O4. The van der Waals surface area contributed by atoms with E-state index in [1.54, 1.807) is 14.0 Å². The minimum Gasteiger partial charge on any atom is -0.464 e. The van der Waals surface area contributed by atoms with Crippen molar-refractivity contribution in [3.63, 3.8) is 0 Å². The first-order valence-corrected chi connectivity index (χ1v) is 6.48. The summed E-state index contributed by atoms with van der Waals surface area (Å²) in [6, 6.07) is 0. The molecule has 0 heterocycles. The third kappa shape index (κ3) is 3.42. The highest BCUT2D eigenvalue weighted by molar-refractivity contribution is 5.79. The van der Waals surface area contributed by atoms with Crippen LogP contribution < -0.4 is 0 Å². The van der Waals surface area contributed by atoms with Crippen LogP contribution in [0, 0.1) is 11.8 Å². The Balaban J connectivity index is 2.81. The van der Waals surface area contributed by atoms with Crippen molar-refractivity contribution < 1.29 is 19.4 Å². The van der Waals surface area contributed by atoms with Crippen molar-refractivity contribution in [1.29, 1.82) is 0 Å². The van der Waals surface area contributed by atoms with Gasteiger partial charge in [0.1, 0.15) is 0 Å². The van der Waals surface area contributed by atoms with Gasteiger partial charge in [0.2, 0.25) is 0 Å². The predicted molar refractivity (Wildman–Crippen MR) is 64.6 cm³/mol. The van der Waals surface area contributed by atoms with Crippen LogP contribution >= 0.6 is 0 Å². The van der Waals surface area contributed by atoms with Gasteiger partial charge in [0.05, 0.1) is 13.2 Å². The molecule has 0 bridgehead atoms. The minimum atomic E-state index is -1.37. The van der Waals surface area contributed by atoms with E-state index in [1.165, 1.54) is 0 Å². The topological polar surface area (TPSA) is 55.8 Å². The normalized spacial score (nSPS) is 20.7. The van der Waals surface area contributed by atoms with Crippen LogP contribution in [0.3, 0.4) is 0 Å². The van der Waals surface area contributed by atoms with Crippen LogP contribution in [-0.2, 0) is 14.3 Å². The third-order valence-corrected chi connectivity index (χ3v) is 3.41. The summed E-state index contributed by atoms with van der Waals surface area (Å²) in [5, 5.41) is 10.7. The molecule has 17 heavy (non-hydrogen) atoms. The fraction of sp³-hybridized carbons (Fsp3) is 0.923. The van der Waals surface area contributed by atoms with E-state index in [9.17, 15) is 9.90 Å². The monoisotopic (exact) mass is 244 g/mol. The van der Waals surface area contributed by atoms with Crippen molar-refractivity contribution in [3.05, 3.63) is 0 Å². The zero-order valence-corrected chi connectivity index (χ0v) is 11.1. The molecule has 4 heteroatoms. The van der Waals surface area contributed by atoms with Gasteiger partial charge >= 0.3 is 5.97 Å². The van der Waals surface area contributed by atoms with Gasteiger partial charge in [-0.15, -0.1) is 0 Å². The van der Waals surface area contributed by atoms with Crippen molar-refractivity contribution in [2.75, 3.05) is 20.3 Å². The molecule has 0 radical (unpaired) electrons. The molecule has 0 spiro atoms. The van der Waals surface area contributed by atoms with Crippen LogP contribution in [-0.4, -0.2) is 37.0 Å². The molecule has 1 N–H and O–H groups in total. The number of carbonyl (C=O) groups is 1. The van der Waals surface area contributed by atoms with E-state index in [4.69, 9.17) is 9.47 Å². The van der Waals surface area contributed by atoms with Gasteiger partial charge in [-0.1, -0.05) is 13.3 Å². The lowest BCUT2D eigenvalue weighted by atomic mass is 9.80. The summed E-state index contributed by atoms with van der Waals surface area (Å²) in [5.41, 5.74) is -1.37. The standard InChI is InChI=1S/C13H24O4/c1-4-8-13(15,12(14)17-5-2)11(9-16-3)10-6-7-10/h10-11,15H,4-9H2,1-3H3. The highest BCUT2D eigenvalue weighted by Gasteiger charge is 2.50. The van der Waals surface area contributed by atoms with Gasteiger partial charge in [-0.05, 0) is 32.1 Å². The van der Waals surface area contributed by atoms with Crippen LogP contribution in [0.5, 0.6) is 0 Å². The van der Waals surface area contributed by atoms with Crippen LogP contribution in [0.15, 0.2) is 0 Å². The molecule has 0 aliphatic heterocycles. The number of esters is 1. The summed E-state index contributed by atoms with van der Waals surface area (Å²) in [7, 11) is 1.60. The summed E-state index contributed by atoms with van der Waals surface area (Å²) in [4.78, 5) is 12.0. The first-order valence-electron chi connectivity index (χ1n) is 6.48. The number of methoxy groups -OCH3 is 1. The van der Waals surface area contributed by atoms with Gasteiger partial charge in [0.25, 0.3) is 0 Å². The minimum absolute atomic E-state index is 0.133. The number of ether oxygens (including phenoxy) is 2. The van der Waals surface area contributed by atoms with E-state index in [1.807, 2.05) is 6.92 Å². The first-order chi connectivity index (χ1) is 8.10. The lowest BCUT2D eigenvalue weighted by Crippen LogP contribution is -2.49. The van der Waals surface area contributed by atoms with E-state index in [0.29, 0.717) is 25.6 Å². The molecule has 0 saturated heterocycles. The van der Waals surface area contributed by atoms with Crippen LogP contribution in [0.2, 0.25) is 0 Å². The van der Waals surface area contributed by atoms with E-state index in [0.717, 1.165) is 19.3 Å². The fourth-order valence-electron chi connectivity index (χ4n) is 2.42. The number of hydrogen-bond donors (Lipinski definition) is 1. The van der Waals surface area contributed by atoms with Gasteiger partial charge in [0.15, 0.2) is 5.60 Å². The molecule has 0 aromatic rings. The second-order valence-electron chi connectivity index (χ2n) is 4.79. The Morgan fingerprint density at radius 2 is 2.12 bits per heavy atom. The van der Waals surface area contributed by atoms with Gasteiger partial charge in [-0.2, -0.15) is 0 Å². The lowest BCUT2D eigenvalue weighted by molar-refractivity contribution is -0.176. The Morgan fingerprint density at radius 3 is 2.53 bits per heavy atom. The van der Waals surface area contributed by atoms with E-state index in [-0.39, 0.29) is 5.92 Å². The zero-order valence-electron chi connectivity index (χ0n) is 11.1. The molecule has 2 atom stereocenters. The Morgan fingerprint density at radius 1 is 1.47 bits per heavy atom. The van der Waals surface area contributed by atoms with Gasteiger partial charge in [-0.3, -0.25) is 0 Å². The average Bonchev–Trinajstić information content (AvgIpc) is 3.10. The number of aliphatic hydroxyl groups is 1. The maximum absolute atomic E-state index is 12.0. The van der Waals surface area contributed by atoms with Crippen molar-refractivity contribution in [1.82, 2.24) is 0 Å². The largest absolute Gasteiger partial charge is 0.464 e. The highest BCUT2D eigenvalue weighted by atomic mass is 16.5. The van der Waals surface area contributed by atoms with Gasteiger partial charge in [-0.25, -0.2) is 4.79 Å². The van der Waals surface area contributed by atoms with Gasteiger partial charge < -0.3 is 14.6 Å². The molecule has 0 aromatic heterocycles. The maximum atomic E-state index is 12.0. The second-order valence-corrected chi connectivity index (χ2v) is 4.79. The SMILES string of the molecule is CCCC(O)(C(=O)OCC)C(COC)C1CC1. The molecule has 100 valence electrons. The molecule has 2 unspecified atom stereocenters. The molecule has 0 aromatic carbocycles. The summed E-state index contributed by atoms with van der Waals surface area (Å²) >= 11 is 0. The summed E-state index contributed by atoms with van der Waals surface area (Å²) in [5.74, 6) is -0.224. The summed E-state index contributed by atoms with van der Waals surface area (Å²) in [6.07, 6.45) is 3.33. The predicted octanol–water partition coefficient (Wildman–Crippen LogP) is 1.75. The van der Waals surface area contributed by atoms with Crippen LogP contribution in [0.1, 0.15) is 39.5 Å². The molecule has 1 fully saturated rings. The quantitative estimate of drug-likeness (QED) is 0.661. The Labute approximate surface area is 103 Å². The highest BCUT2D eigenvalue weighted by Crippen LogP contribution is 2.44. The van der Waals surface area contributed by atoms with E-state index in [2.05, 4.69) is 0 Å². The van der Waals surface area contributed by atoms with Gasteiger partial charge in [0, 0.05) is 13.0 Å². The summed E-state index contributed by atoms with van der Waals surface area (Å²) in [6.45, 7) is 4.43. The van der Waals surface area contributed by atoms with Crippen molar-refractivity contribution >= 4 is 5.97 Å². The molecule has 1 saturated carbocycles. The Bertz CT molecular complexity index is 250. The molecule has 1 aliphatic rings. The summed E-state index contributed by atoms with van der Waals surface area (Å²) < 4.78 is 10.2. The molecule has 4 nitrogen and oxygen atoms in total. The number of rotatable bonds is 8. The second kappa shape index (κ2) is 6.36. The Kier molecular flexibility index (Phi) is 5.40. The van der Waals surface area contributed by atoms with Crippen molar-refractivity contribution in [3.8, 4) is 0 Å². The maximum Gasteiger partial charge on any atom is 0.338 e. The smallest absolute Gasteiger partial charge is 0.338 e. The third-order valence-electron chi connectivity index (χ3n) is 3.41. The lowest BCUT2D eigenvalue weighted by Gasteiger charge is -2.33. The van der Waals surface area contributed by atoms with Crippen molar-refractivity contribution in [2.45, 2.75) is 45.1 Å². The molecule has 0 amide bonds. The van der Waals surface area contributed by atoms with E-state index < -0.39 is 11.6 Å². The average molecular weight is 244 g/mol. The number of hydrogen-bond acceptors (Lipinski definition) is 4. The molecular weight excluding hydrogens is 220 g/mol. The number of carbonyl (C=O) groups excluding carboxylic acids is 1. The fourth-order valence-corrected chi connectivity index (χ4v) is 2.42. The van der Waals surface area contributed by atoms with Crippen LogP contribution in [0.4, 0.5) is 0 Å². The van der Waals surface area contributed by atoms with Crippen LogP contribution in [0.25, 0.3) is 0 Å². The molecule has 1 rings (SSSR count). The molecule has 1 aliphatic carbocycles. The first kappa shape index (κ1) is 14.5.